The van der Waals surface area contributed by atoms with Crippen LogP contribution in [0.2, 0.25) is 0 Å². The summed E-state index contributed by atoms with van der Waals surface area (Å²) in [5.74, 6) is -10.5. The van der Waals surface area contributed by atoms with E-state index in [1.54, 1.807) is 6.07 Å². The lowest BCUT2D eigenvalue weighted by Crippen LogP contribution is -2.14. The van der Waals surface area contributed by atoms with E-state index in [4.69, 9.17) is 0 Å². The van der Waals surface area contributed by atoms with E-state index in [2.05, 4.69) is 4.74 Å². The molecule has 0 aliphatic heterocycles. The summed E-state index contributed by atoms with van der Waals surface area (Å²) >= 11 is 0. The lowest BCUT2D eigenvalue weighted by molar-refractivity contribution is 0.0723. The van der Waals surface area contributed by atoms with Gasteiger partial charge in [0.15, 0.2) is 17.5 Å². The van der Waals surface area contributed by atoms with Gasteiger partial charge in [-0.3, -0.25) is 0 Å². The Morgan fingerprint density at radius 3 is 2.00 bits per heavy atom. The average molecular weight is 450 g/mol. The van der Waals surface area contributed by atoms with Crippen LogP contribution in [0.3, 0.4) is 0 Å². The van der Waals surface area contributed by atoms with E-state index in [-0.39, 0.29) is 11.1 Å². The van der Waals surface area contributed by atoms with Gasteiger partial charge >= 0.3 is 5.97 Å². The van der Waals surface area contributed by atoms with Crippen LogP contribution in [0.25, 0.3) is 12.2 Å². The molecule has 0 aliphatic rings. The molecular formula is C24H16F6O2. The zero-order valence-corrected chi connectivity index (χ0v) is 16.7. The first kappa shape index (κ1) is 23.1. The quantitative estimate of drug-likeness (QED) is 0.135. The summed E-state index contributed by atoms with van der Waals surface area (Å²) in [4.78, 5) is 12.1. The Labute approximate surface area is 179 Å². The molecule has 0 amide bonds. The van der Waals surface area contributed by atoms with E-state index in [9.17, 15) is 31.1 Å². The molecule has 0 radical (unpaired) electrons. The molecule has 8 heteroatoms. The van der Waals surface area contributed by atoms with Crippen LogP contribution >= 0.6 is 0 Å². The third-order valence-corrected chi connectivity index (χ3v) is 4.50. The molecule has 3 aromatic rings. The molecule has 0 saturated heterocycles. The Hall–Kier alpha value is -3.55. The molecule has 2 nitrogen and oxygen atoms in total. The van der Waals surface area contributed by atoms with Crippen molar-refractivity contribution in [1.29, 1.82) is 0 Å². The number of aryl methyl sites for hydroxylation is 1. The van der Waals surface area contributed by atoms with Crippen molar-refractivity contribution in [2.75, 3.05) is 0 Å². The molecule has 0 N–H and O–H groups in total. The number of carbonyl (C=O) groups is 1. The van der Waals surface area contributed by atoms with Gasteiger partial charge in [-0.05, 0) is 35.7 Å². The van der Waals surface area contributed by atoms with E-state index in [0.29, 0.717) is 18.6 Å². The number of carbonyl (C=O) groups excluding carboxylic acids is 1. The number of rotatable bonds is 6. The summed E-state index contributed by atoms with van der Waals surface area (Å²) in [6.45, 7) is 1.96. The van der Waals surface area contributed by atoms with E-state index in [1.165, 1.54) is 24.3 Å². The molecule has 0 fully saturated rings. The third-order valence-electron chi connectivity index (χ3n) is 4.50. The smallest absolute Gasteiger partial charge is 0.349 e. The first-order valence-corrected chi connectivity index (χ1v) is 9.52. The van der Waals surface area contributed by atoms with Crippen LogP contribution in [0.1, 0.15) is 40.4 Å². The molecule has 32 heavy (non-hydrogen) atoms. The molecule has 0 unspecified atom stereocenters. The summed E-state index contributed by atoms with van der Waals surface area (Å²) < 4.78 is 86.9. The Morgan fingerprint density at radius 1 is 0.812 bits per heavy atom. The summed E-state index contributed by atoms with van der Waals surface area (Å²) in [6.07, 6.45) is 4.14. The molecule has 0 spiro atoms. The van der Waals surface area contributed by atoms with E-state index in [0.717, 1.165) is 24.1 Å². The zero-order chi connectivity index (χ0) is 23.4. The Kier molecular flexibility index (Phi) is 7.02. The predicted molar refractivity (Wildman–Crippen MR) is 107 cm³/mol. The maximum Gasteiger partial charge on any atom is 0.349 e. The summed E-state index contributed by atoms with van der Waals surface area (Å²) in [5, 5.41) is 0. The molecule has 0 atom stereocenters. The minimum atomic E-state index is -1.78. The number of ether oxygens (including phenoxy) is 1. The number of halogens is 6. The van der Waals surface area contributed by atoms with Gasteiger partial charge < -0.3 is 4.74 Å². The highest BCUT2D eigenvalue weighted by Gasteiger charge is 2.22. The average Bonchev–Trinajstić information content (AvgIpc) is 2.71. The van der Waals surface area contributed by atoms with Crippen molar-refractivity contribution < 1.29 is 35.9 Å². The van der Waals surface area contributed by atoms with Crippen LogP contribution in [0.4, 0.5) is 26.3 Å². The van der Waals surface area contributed by atoms with Crippen LogP contribution in [0, 0.1) is 34.9 Å². The predicted octanol–water partition coefficient (Wildman–Crippen LogP) is 6.86. The van der Waals surface area contributed by atoms with Crippen molar-refractivity contribution in [3.8, 4) is 5.75 Å². The van der Waals surface area contributed by atoms with Crippen LogP contribution < -0.4 is 4.74 Å². The fourth-order valence-electron chi connectivity index (χ4n) is 2.97. The zero-order valence-electron chi connectivity index (χ0n) is 16.7. The second-order valence-electron chi connectivity index (χ2n) is 6.89. The maximum atomic E-state index is 14.4. The van der Waals surface area contributed by atoms with Crippen molar-refractivity contribution in [3.63, 3.8) is 0 Å². The van der Waals surface area contributed by atoms with E-state index < -0.39 is 52.2 Å². The van der Waals surface area contributed by atoms with Crippen molar-refractivity contribution in [1.82, 2.24) is 0 Å². The van der Waals surface area contributed by atoms with E-state index in [1.807, 2.05) is 6.92 Å². The van der Waals surface area contributed by atoms with Gasteiger partial charge in [0.05, 0.1) is 0 Å². The molecule has 0 aliphatic carbocycles. The Bertz CT molecular complexity index is 1160. The van der Waals surface area contributed by atoms with Crippen molar-refractivity contribution in [2.24, 2.45) is 0 Å². The van der Waals surface area contributed by atoms with Gasteiger partial charge in [0.25, 0.3) is 0 Å². The summed E-state index contributed by atoms with van der Waals surface area (Å²) in [7, 11) is 0. The minimum absolute atomic E-state index is 0.00699. The van der Waals surface area contributed by atoms with Crippen LogP contribution in [0.5, 0.6) is 5.75 Å². The lowest BCUT2D eigenvalue weighted by atomic mass is 10.0. The monoisotopic (exact) mass is 450 g/mol. The molecule has 166 valence electrons. The Balaban J connectivity index is 1.82. The van der Waals surface area contributed by atoms with Crippen LogP contribution in [-0.2, 0) is 6.42 Å². The van der Waals surface area contributed by atoms with Gasteiger partial charge in [-0.1, -0.05) is 37.6 Å². The van der Waals surface area contributed by atoms with Crippen LogP contribution in [0.15, 0.2) is 42.5 Å². The van der Waals surface area contributed by atoms with Gasteiger partial charge in [-0.25, -0.2) is 31.1 Å². The SMILES string of the molecule is CCCc1ccc(C=Cc2cc(F)c(C(=O)Oc3cc(F)c(F)c(F)c3)c(F)c2)c(F)c1. The minimum Gasteiger partial charge on any atom is -0.423 e. The highest BCUT2D eigenvalue weighted by atomic mass is 19.2. The molecule has 3 aromatic carbocycles. The van der Waals surface area contributed by atoms with Gasteiger partial charge in [-0.2, -0.15) is 0 Å². The number of hydrogen-bond acceptors (Lipinski definition) is 2. The standard InChI is InChI=1S/C24H16F6O2/c1-2-3-13-4-6-15(17(25)8-13)7-5-14-9-18(26)22(19(27)10-14)24(31)32-16-11-20(28)23(30)21(29)12-16/h4-12H,2-3H2,1H3. The topological polar surface area (TPSA) is 26.3 Å². The van der Waals surface area contributed by atoms with Gasteiger partial charge in [0.1, 0.15) is 28.8 Å². The normalized spacial score (nSPS) is 11.2. The fourth-order valence-corrected chi connectivity index (χ4v) is 2.97. The highest BCUT2D eigenvalue weighted by molar-refractivity contribution is 5.92. The van der Waals surface area contributed by atoms with Crippen molar-refractivity contribution in [3.05, 3.63) is 99.6 Å². The highest BCUT2D eigenvalue weighted by Crippen LogP contribution is 2.23. The molecule has 0 aromatic heterocycles. The maximum absolute atomic E-state index is 14.4. The molecule has 0 bridgehead atoms. The second kappa shape index (κ2) is 9.72. The third kappa shape index (κ3) is 5.19. The molecule has 0 heterocycles. The Morgan fingerprint density at radius 2 is 1.44 bits per heavy atom. The summed E-state index contributed by atoms with van der Waals surface area (Å²) in [5.41, 5.74) is -0.0904. The number of esters is 1. The first-order valence-electron chi connectivity index (χ1n) is 9.52. The number of benzene rings is 3. The van der Waals surface area contributed by atoms with Gasteiger partial charge in [-0.15, -0.1) is 0 Å². The molecule has 0 saturated carbocycles. The van der Waals surface area contributed by atoms with Gasteiger partial charge in [0, 0.05) is 17.7 Å². The van der Waals surface area contributed by atoms with Crippen LogP contribution in [-0.4, -0.2) is 5.97 Å². The fraction of sp³-hybridized carbons (Fsp3) is 0.125. The number of hydrogen-bond donors (Lipinski definition) is 0. The van der Waals surface area contributed by atoms with Crippen molar-refractivity contribution in [2.45, 2.75) is 19.8 Å². The van der Waals surface area contributed by atoms with E-state index >= 15 is 0 Å². The lowest BCUT2D eigenvalue weighted by Gasteiger charge is -2.08. The molecule has 3 rings (SSSR count). The second-order valence-corrected chi connectivity index (χ2v) is 6.89. The first-order chi connectivity index (χ1) is 15.2. The van der Waals surface area contributed by atoms with Crippen molar-refractivity contribution >= 4 is 18.1 Å². The summed E-state index contributed by atoms with van der Waals surface area (Å²) in [6, 6.07) is 7.01. The molecular weight excluding hydrogens is 434 g/mol. The largest absolute Gasteiger partial charge is 0.423 e. The van der Waals surface area contributed by atoms with Gasteiger partial charge in [0.2, 0.25) is 0 Å².